The molecule has 2 aromatic heterocycles. The Labute approximate surface area is 137 Å². The van der Waals surface area contributed by atoms with Gasteiger partial charge in [0, 0.05) is 11.4 Å². The molecular weight excluding hydrogens is 286 g/mol. The van der Waals surface area contributed by atoms with Crippen molar-refractivity contribution in [3.05, 3.63) is 47.9 Å². The lowest BCUT2D eigenvalue weighted by atomic mass is 10.2. The third-order valence-corrected chi connectivity index (χ3v) is 4.44. The van der Waals surface area contributed by atoms with Crippen molar-refractivity contribution in [2.75, 3.05) is 26.4 Å². The maximum atomic E-state index is 6.47. The summed E-state index contributed by atoms with van der Waals surface area (Å²) in [5.41, 5.74) is 10.9. The maximum absolute atomic E-state index is 6.47. The summed E-state index contributed by atoms with van der Waals surface area (Å²) in [5, 5.41) is 1.06. The first-order valence-corrected chi connectivity index (χ1v) is 8.00. The van der Waals surface area contributed by atoms with Crippen LogP contribution in [0.4, 0.5) is 5.82 Å². The van der Waals surface area contributed by atoms with Gasteiger partial charge in [0.1, 0.15) is 18.5 Å². The third kappa shape index (κ3) is 2.68. The molecule has 0 saturated carbocycles. The van der Waals surface area contributed by atoms with E-state index in [0.717, 1.165) is 35.6 Å². The molecule has 0 amide bonds. The van der Waals surface area contributed by atoms with Gasteiger partial charge in [0.15, 0.2) is 0 Å². The molecule has 0 bridgehead atoms. The topological polar surface area (TPSA) is 52.2 Å². The third-order valence-electron chi connectivity index (χ3n) is 4.44. The van der Waals surface area contributed by atoms with Crippen molar-refractivity contribution in [2.24, 2.45) is 0 Å². The van der Waals surface area contributed by atoms with Gasteiger partial charge in [-0.1, -0.05) is 23.2 Å². The van der Waals surface area contributed by atoms with Gasteiger partial charge in [-0.25, -0.2) is 4.57 Å². The van der Waals surface area contributed by atoms with Gasteiger partial charge in [0.05, 0.1) is 14.1 Å². The van der Waals surface area contributed by atoms with Crippen LogP contribution in [0.5, 0.6) is 0 Å². The molecule has 3 aromatic rings. The number of para-hydroxylation sites is 1. The Kier molecular flexibility index (Phi) is 4.05. The average molecular weight is 311 g/mol. The summed E-state index contributed by atoms with van der Waals surface area (Å²) in [7, 11) is 4.29. The summed E-state index contributed by atoms with van der Waals surface area (Å²) in [6, 6.07) is 10.3. The number of likely N-dealkylation sites (N-methyl/N-ethyl adjacent to an activating group) is 1. The van der Waals surface area contributed by atoms with Crippen LogP contribution in [-0.4, -0.2) is 30.2 Å². The van der Waals surface area contributed by atoms with E-state index < -0.39 is 0 Å². The normalized spacial score (nSPS) is 11.5. The predicted octanol–water partition coefficient (Wildman–Crippen LogP) is 0.657. The maximum Gasteiger partial charge on any atom is 0.232 e. The number of nitrogens with two attached hydrogens (primary N) is 1. The van der Waals surface area contributed by atoms with Crippen LogP contribution in [0.1, 0.15) is 11.3 Å². The highest BCUT2D eigenvalue weighted by Gasteiger charge is 2.22. The molecule has 5 heteroatoms. The second-order valence-corrected chi connectivity index (χ2v) is 6.36. The zero-order chi connectivity index (χ0) is 16.6. The van der Waals surface area contributed by atoms with Crippen molar-refractivity contribution in [3.8, 4) is 5.69 Å². The lowest BCUT2D eigenvalue weighted by Gasteiger charge is -2.08. The Morgan fingerprint density at radius 1 is 1.17 bits per heavy atom. The number of aromatic nitrogens is 3. The molecule has 0 unspecified atom stereocenters. The molecule has 23 heavy (non-hydrogen) atoms. The van der Waals surface area contributed by atoms with Gasteiger partial charge in [-0.2, -0.15) is 0 Å². The molecule has 1 aromatic carbocycles. The molecule has 0 fully saturated rings. The van der Waals surface area contributed by atoms with E-state index in [2.05, 4.69) is 49.2 Å². The molecule has 0 aliphatic heterocycles. The predicted molar refractivity (Wildman–Crippen MR) is 92.8 cm³/mol. The van der Waals surface area contributed by atoms with E-state index >= 15 is 0 Å². The van der Waals surface area contributed by atoms with Gasteiger partial charge in [0.2, 0.25) is 17.8 Å². The van der Waals surface area contributed by atoms with Crippen molar-refractivity contribution < 1.29 is 9.47 Å². The fourth-order valence-electron chi connectivity index (χ4n) is 2.96. The minimum absolute atomic E-state index is 0.798. The molecule has 0 spiro atoms. The van der Waals surface area contributed by atoms with E-state index in [1.807, 2.05) is 24.5 Å². The summed E-state index contributed by atoms with van der Waals surface area (Å²) in [5.74, 6) is 0.798. The molecule has 3 N–H and O–H groups in total. The molecule has 3 rings (SSSR count). The Morgan fingerprint density at radius 3 is 2.52 bits per heavy atom. The van der Waals surface area contributed by atoms with E-state index in [9.17, 15) is 0 Å². The van der Waals surface area contributed by atoms with E-state index in [-0.39, 0.29) is 0 Å². The largest absolute Gasteiger partial charge is 0.337 e. The zero-order valence-corrected chi connectivity index (χ0v) is 14.3. The van der Waals surface area contributed by atoms with Crippen LogP contribution < -0.4 is 15.2 Å². The number of nitrogens with zero attached hydrogens (tertiary/aromatic N) is 3. The van der Waals surface area contributed by atoms with Gasteiger partial charge in [-0.3, -0.25) is 4.57 Å². The van der Waals surface area contributed by atoms with Gasteiger partial charge in [0.25, 0.3) is 0 Å². The van der Waals surface area contributed by atoms with Crippen LogP contribution in [0.3, 0.4) is 0 Å². The second-order valence-electron chi connectivity index (χ2n) is 6.36. The summed E-state index contributed by atoms with van der Waals surface area (Å²) < 4.78 is 4.24. The first kappa shape index (κ1) is 15.5. The van der Waals surface area contributed by atoms with Crippen molar-refractivity contribution in [1.29, 1.82) is 0 Å². The minimum Gasteiger partial charge on any atom is -0.337 e. The quantitative estimate of drug-likeness (QED) is 0.696. The highest BCUT2D eigenvalue weighted by molar-refractivity contribution is 5.90. The first-order chi connectivity index (χ1) is 11.0. The van der Waals surface area contributed by atoms with Gasteiger partial charge in [-0.15, -0.1) is 0 Å². The molecule has 0 atom stereocenters. The van der Waals surface area contributed by atoms with E-state index in [1.54, 1.807) is 0 Å². The number of aryl methyl sites for hydroxylation is 1. The molecule has 0 saturated heterocycles. The average Bonchev–Trinajstić information content (AvgIpc) is 2.79. The van der Waals surface area contributed by atoms with Crippen LogP contribution in [0, 0.1) is 13.8 Å². The number of rotatable bonds is 4. The molecule has 120 valence electrons. The lowest BCUT2D eigenvalue weighted by Crippen LogP contribution is -3.06. The Balaban J connectivity index is 2.18. The highest BCUT2D eigenvalue weighted by atomic mass is 15.2. The number of hydrogen-bond acceptors (Lipinski definition) is 2. The number of anilines is 1. The van der Waals surface area contributed by atoms with Crippen LogP contribution in [0.2, 0.25) is 0 Å². The number of benzene rings is 1. The number of nitrogen functional groups attached to an aromatic ring is 1. The SMILES string of the molecule is Cc1c(C)n(-c2ccccc2)c2nc[n+](CC[NH+](C)C)c(N)c12. The van der Waals surface area contributed by atoms with Crippen molar-refractivity contribution in [2.45, 2.75) is 20.4 Å². The molecule has 5 nitrogen and oxygen atoms in total. The summed E-state index contributed by atoms with van der Waals surface area (Å²) in [4.78, 5) is 6.11. The van der Waals surface area contributed by atoms with Crippen LogP contribution in [0.25, 0.3) is 16.7 Å². The molecule has 0 aliphatic rings. The fourth-order valence-corrected chi connectivity index (χ4v) is 2.96. The molecular formula is C18H25N5+2. The monoisotopic (exact) mass is 311 g/mol. The van der Waals surface area contributed by atoms with Gasteiger partial charge >= 0.3 is 0 Å². The zero-order valence-electron chi connectivity index (χ0n) is 14.3. The van der Waals surface area contributed by atoms with E-state index in [4.69, 9.17) is 10.7 Å². The molecule has 0 radical (unpaired) electrons. The number of hydrogen-bond donors (Lipinski definition) is 2. The standard InChI is InChI=1S/C18H23N5/c1-13-14(2)23(15-8-6-5-7-9-15)18-16(13)17(19)22(12-20-18)11-10-21(3)4/h5-9,12,19H,10-11H2,1-4H3/p+2. The first-order valence-electron chi connectivity index (χ1n) is 8.00. The summed E-state index contributed by atoms with van der Waals surface area (Å²) in [6.45, 7) is 6.13. The number of quaternary nitrogens is 1. The van der Waals surface area contributed by atoms with Crippen molar-refractivity contribution in [3.63, 3.8) is 0 Å². The Hall–Kier alpha value is -2.40. The molecule has 0 aliphatic carbocycles. The number of fused-ring (bicyclic) bond motifs is 1. The summed E-state index contributed by atoms with van der Waals surface area (Å²) in [6.07, 6.45) is 1.86. The number of nitrogens with one attached hydrogen (secondary N) is 1. The molecule has 2 heterocycles. The van der Waals surface area contributed by atoms with Crippen LogP contribution in [0.15, 0.2) is 36.7 Å². The Morgan fingerprint density at radius 2 is 1.87 bits per heavy atom. The smallest absolute Gasteiger partial charge is 0.232 e. The van der Waals surface area contributed by atoms with E-state index in [1.165, 1.54) is 16.2 Å². The fraction of sp³-hybridized carbons (Fsp3) is 0.333. The second kappa shape index (κ2) is 6.01. The van der Waals surface area contributed by atoms with Gasteiger partial charge in [-0.05, 0) is 31.5 Å². The minimum atomic E-state index is 0.798. The van der Waals surface area contributed by atoms with Crippen molar-refractivity contribution in [1.82, 2.24) is 9.55 Å². The van der Waals surface area contributed by atoms with Crippen LogP contribution >= 0.6 is 0 Å². The Bertz CT molecular complexity index is 834. The lowest BCUT2D eigenvalue weighted by molar-refractivity contribution is -0.881. The highest BCUT2D eigenvalue weighted by Crippen LogP contribution is 2.29. The van der Waals surface area contributed by atoms with E-state index in [0.29, 0.717) is 0 Å². The summed E-state index contributed by atoms with van der Waals surface area (Å²) >= 11 is 0. The van der Waals surface area contributed by atoms with Gasteiger partial charge < -0.3 is 10.6 Å². The van der Waals surface area contributed by atoms with Crippen LogP contribution in [-0.2, 0) is 6.54 Å². The van der Waals surface area contributed by atoms with Crippen molar-refractivity contribution >= 4 is 16.9 Å².